The number of ether oxygens (including phenoxy) is 1. The maximum absolute atomic E-state index is 5.98. The smallest absolute Gasteiger partial charge is 0.126 e. The number of nitrogens with one attached hydrogen (secondary N) is 1. The van der Waals surface area contributed by atoms with Gasteiger partial charge in [0.1, 0.15) is 5.75 Å². The Labute approximate surface area is 118 Å². The first-order chi connectivity index (χ1) is 8.56. The highest BCUT2D eigenvalue weighted by atomic mass is 79.9. The van der Waals surface area contributed by atoms with Gasteiger partial charge in [0.05, 0.1) is 6.61 Å². The molecule has 0 aliphatic heterocycles. The summed E-state index contributed by atoms with van der Waals surface area (Å²) in [6.45, 7) is 8.14. The summed E-state index contributed by atoms with van der Waals surface area (Å²) < 4.78 is 7.11. The molecule has 0 saturated heterocycles. The highest BCUT2D eigenvalue weighted by Crippen LogP contribution is 2.29. The van der Waals surface area contributed by atoms with Gasteiger partial charge in [-0.2, -0.15) is 0 Å². The molecule has 0 bridgehead atoms. The van der Waals surface area contributed by atoms with Crippen LogP contribution in [0.3, 0.4) is 0 Å². The van der Waals surface area contributed by atoms with Gasteiger partial charge in [0, 0.05) is 22.6 Å². The van der Waals surface area contributed by atoms with E-state index in [0.29, 0.717) is 5.92 Å². The van der Waals surface area contributed by atoms with Crippen molar-refractivity contribution in [3.8, 4) is 5.75 Å². The molecule has 0 spiro atoms. The summed E-state index contributed by atoms with van der Waals surface area (Å²) in [5, 5.41) is 3.55. The SMILES string of the molecule is Cc1cc(Br)cc(CNC2CC2)c1OCC(C)C. The molecule has 1 aliphatic carbocycles. The zero-order valence-electron chi connectivity index (χ0n) is 11.4. The third-order valence-electron chi connectivity index (χ3n) is 3.04. The molecule has 0 aromatic heterocycles. The average Bonchev–Trinajstić information content (AvgIpc) is 3.08. The Balaban J connectivity index is 2.11. The summed E-state index contributed by atoms with van der Waals surface area (Å²) in [4.78, 5) is 0. The molecule has 1 fully saturated rings. The van der Waals surface area contributed by atoms with Crippen molar-refractivity contribution in [3.63, 3.8) is 0 Å². The number of benzene rings is 1. The van der Waals surface area contributed by atoms with E-state index >= 15 is 0 Å². The van der Waals surface area contributed by atoms with Crippen molar-refractivity contribution in [2.75, 3.05) is 6.61 Å². The van der Waals surface area contributed by atoms with E-state index in [2.05, 4.69) is 54.2 Å². The van der Waals surface area contributed by atoms with Gasteiger partial charge in [0.2, 0.25) is 0 Å². The van der Waals surface area contributed by atoms with Crippen molar-refractivity contribution in [2.45, 2.75) is 46.2 Å². The number of aryl methyl sites for hydroxylation is 1. The predicted molar refractivity (Wildman–Crippen MR) is 79.1 cm³/mol. The standard InChI is InChI=1S/C15H22BrNO/c1-10(2)9-18-15-11(3)6-13(16)7-12(15)8-17-14-4-5-14/h6-7,10,14,17H,4-5,8-9H2,1-3H3. The zero-order valence-corrected chi connectivity index (χ0v) is 13.0. The van der Waals surface area contributed by atoms with E-state index in [-0.39, 0.29) is 0 Å². The molecule has 0 heterocycles. The normalized spacial score (nSPS) is 15.2. The van der Waals surface area contributed by atoms with E-state index in [1.54, 1.807) is 0 Å². The van der Waals surface area contributed by atoms with Crippen molar-refractivity contribution >= 4 is 15.9 Å². The van der Waals surface area contributed by atoms with Gasteiger partial charge < -0.3 is 10.1 Å². The fourth-order valence-corrected chi connectivity index (χ4v) is 2.55. The number of hydrogen-bond acceptors (Lipinski definition) is 2. The van der Waals surface area contributed by atoms with Gasteiger partial charge in [-0.05, 0) is 43.4 Å². The van der Waals surface area contributed by atoms with Crippen LogP contribution >= 0.6 is 15.9 Å². The van der Waals surface area contributed by atoms with Gasteiger partial charge in [-0.1, -0.05) is 29.8 Å². The molecule has 1 aliphatic rings. The lowest BCUT2D eigenvalue weighted by atomic mass is 10.1. The Hall–Kier alpha value is -0.540. The molecule has 1 N–H and O–H groups in total. The van der Waals surface area contributed by atoms with Crippen LogP contribution in [0.5, 0.6) is 5.75 Å². The molecule has 1 aromatic rings. The monoisotopic (exact) mass is 311 g/mol. The van der Waals surface area contributed by atoms with E-state index in [9.17, 15) is 0 Å². The topological polar surface area (TPSA) is 21.3 Å². The Kier molecular flexibility index (Phi) is 4.68. The summed E-state index contributed by atoms with van der Waals surface area (Å²) in [5.74, 6) is 1.61. The Morgan fingerprint density at radius 2 is 2.11 bits per heavy atom. The van der Waals surface area contributed by atoms with Crippen LogP contribution in [0.2, 0.25) is 0 Å². The lowest BCUT2D eigenvalue weighted by Gasteiger charge is -2.16. The van der Waals surface area contributed by atoms with Crippen LogP contribution in [0, 0.1) is 12.8 Å². The van der Waals surface area contributed by atoms with Crippen LogP contribution in [0.15, 0.2) is 16.6 Å². The second kappa shape index (κ2) is 6.07. The van der Waals surface area contributed by atoms with Gasteiger partial charge >= 0.3 is 0 Å². The van der Waals surface area contributed by atoms with Crippen molar-refractivity contribution in [1.82, 2.24) is 5.32 Å². The van der Waals surface area contributed by atoms with Crippen LogP contribution in [0.4, 0.5) is 0 Å². The maximum Gasteiger partial charge on any atom is 0.126 e. The summed E-state index contributed by atoms with van der Waals surface area (Å²) in [6, 6.07) is 5.01. The molecule has 100 valence electrons. The fraction of sp³-hybridized carbons (Fsp3) is 0.600. The first-order valence-corrected chi connectivity index (χ1v) is 7.50. The lowest BCUT2D eigenvalue weighted by molar-refractivity contribution is 0.266. The Bertz CT molecular complexity index is 413. The molecule has 2 rings (SSSR count). The van der Waals surface area contributed by atoms with Gasteiger partial charge in [-0.15, -0.1) is 0 Å². The van der Waals surface area contributed by atoms with Crippen LogP contribution in [-0.2, 0) is 6.54 Å². The second-order valence-electron chi connectivity index (χ2n) is 5.57. The molecule has 0 radical (unpaired) electrons. The molecular formula is C15H22BrNO. The fourth-order valence-electron chi connectivity index (χ4n) is 1.93. The van der Waals surface area contributed by atoms with Gasteiger partial charge in [-0.3, -0.25) is 0 Å². The zero-order chi connectivity index (χ0) is 13.1. The molecule has 0 atom stereocenters. The molecule has 3 heteroatoms. The molecule has 1 saturated carbocycles. The van der Waals surface area contributed by atoms with E-state index in [1.807, 2.05) is 0 Å². The highest BCUT2D eigenvalue weighted by Gasteiger charge is 2.21. The maximum atomic E-state index is 5.98. The van der Waals surface area contributed by atoms with E-state index in [0.717, 1.165) is 29.4 Å². The van der Waals surface area contributed by atoms with Crippen molar-refractivity contribution < 1.29 is 4.74 Å². The molecule has 1 aromatic carbocycles. The predicted octanol–water partition coefficient (Wildman–Crippen LogP) is 4.04. The summed E-state index contributed by atoms with van der Waals surface area (Å²) in [7, 11) is 0. The van der Waals surface area contributed by atoms with Crippen LogP contribution in [-0.4, -0.2) is 12.6 Å². The highest BCUT2D eigenvalue weighted by molar-refractivity contribution is 9.10. The second-order valence-corrected chi connectivity index (χ2v) is 6.49. The Morgan fingerprint density at radius 3 is 2.72 bits per heavy atom. The third kappa shape index (κ3) is 3.99. The molecule has 0 unspecified atom stereocenters. The van der Waals surface area contributed by atoms with E-state index in [1.165, 1.54) is 24.0 Å². The third-order valence-corrected chi connectivity index (χ3v) is 3.49. The summed E-state index contributed by atoms with van der Waals surface area (Å²) in [6.07, 6.45) is 2.63. The van der Waals surface area contributed by atoms with Crippen LogP contribution in [0.25, 0.3) is 0 Å². The lowest BCUT2D eigenvalue weighted by Crippen LogP contribution is -2.17. The van der Waals surface area contributed by atoms with Crippen molar-refractivity contribution in [2.24, 2.45) is 5.92 Å². The van der Waals surface area contributed by atoms with Crippen LogP contribution in [0.1, 0.15) is 37.8 Å². The molecule has 0 amide bonds. The molecular weight excluding hydrogens is 290 g/mol. The average molecular weight is 312 g/mol. The van der Waals surface area contributed by atoms with Crippen LogP contribution < -0.4 is 10.1 Å². The quantitative estimate of drug-likeness (QED) is 0.856. The number of halogens is 1. The van der Waals surface area contributed by atoms with Crippen molar-refractivity contribution in [3.05, 3.63) is 27.7 Å². The van der Waals surface area contributed by atoms with E-state index < -0.39 is 0 Å². The Morgan fingerprint density at radius 1 is 1.39 bits per heavy atom. The first-order valence-electron chi connectivity index (χ1n) is 6.71. The summed E-state index contributed by atoms with van der Waals surface area (Å²) in [5.41, 5.74) is 2.46. The number of rotatable bonds is 6. The van der Waals surface area contributed by atoms with Gasteiger partial charge in [0.25, 0.3) is 0 Å². The van der Waals surface area contributed by atoms with Crippen molar-refractivity contribution in [1.29, 1.82) is 0 Å². The minimum atomic E-state index is 0.553. The van der Waals surface area contributed by atoms with Gasteiger partial charge in [0.15, 0.2) is 0 Å². The minimum absolute atomic E-state index is 0.553. The van der Waals surface area contributed by atoms with Gasteiger partial charge in [-0.25, -0.2) is 0 Å². The molecule has 2 nitrogen and oxygen atoms in total. The minimum Gasteiger partial charge on any atom is -0.493 e. The first kappa shape index (κ1) is 13.9. The number of hydrogen-bond donors (Lipinski definition) is 1. The summed E-state index contributed by atoms with van der Waals surface area (Å²) >= 11 is 3.57. The van der Waals surface area contributed by atoms with E-state index in [4.69, 9.17) is 4.74 Å². The largest absolute Gasteiger partial charge is 0.493 e. The molecule has 18 heavy (non-hydrogen) atoms.